The minimum atomic E-state index is -0.767. The summed E-state index contributed by atoms with van der Waals surface area (Å²) in [6.07, 6.45) is 2.91. The van der Waals surface area contributed by atoms with Crippen LogP contribution in [0, 0.1) is 0 Å². The molecule has 0 amide bonds. The highest BCUT2D eigenvalue weighted by Gasteiger charge is 2.23. The first-order valence-electron chi connectivity index (χ1n) is 9.93. The quantitative estimate of drug-likeness (QED) is 0.189. The van der Waals surface area contributed by atoms with Crippen molar-refractivity contribution in [3.8, 4) is 11.3 Å². The molecule has 7 nitrogen and oxygen atoms in total. The molecule has 2 aromatic carbocycles. The van der Waals surface area contributed by atoms with Crippen LogP contribution in [0.4, 0.5) is 5.69 Å². The normalized spacial score (nSPS) is 10.8. The van der Waals surface area contributed by atoms with Crippen LogP contribution in [0.2, 0.25) is 0 Å². The van der Waals surface area contributed by atoms with Gasteiger partial charge in [-0.2, -0.15) is 0 Å². The molecule has 1 N–H and O–H groups in total. The molecule has 158 valence electrons. The zero-order chi connectivity index (χ0) is 21.8. The van der Waals surface area contributed by atoms with Crippen molar-refractivity contribution in [2.24, 2.45) is 0 Å². The van der Waals surface area contributed by atoms with Crippen molar-refractivity contribution in [1.29, 1.82) is 0 Å². The van der Waals surface area contributed by atoms with E-state index in [0.717, 1.165) is 21.9 Å². The molecule has 0 unspecified atom stereocenters. The maximum Gasteiger partial charge on any atom is 0.347 e. The molecule has 0 aliphatic heterocycles. The van der Waals surface area contributed by atoms with Gasteiger partial charge in [-0.05, 0) is 32.0 Å². The zero-order valence-corrected chi connectivity index (χ0v) is 17.1. The molecule has 0 bridgehead atoms. The van der Waals surface area contributed by atoms with Gasteiger partial charge in [-0.3, -0.25) is 0 Å². The first-order chi connectivity index (χ1) is 15.1. The number of carbonyl (C=O) groups is 2. The molecular weight excluding hydrogens is 398 g/mol. The number of para-hydroxylation sites is 2. The molecule has 4 rings (SSSR count). The van der Waals surface area contributed by atoms with Crippen molar-refractivity contribution in [3.63, 3.8) is 0 Å². The molecule has 7 heteroatoms. The number of fused-ring (bicyclic) bond motifs is 2. The van der Waals surface area contributed by atoms with Crippen LogP contribution in [0.3, 0.4) is 0 Å². The second-order valence-electron chi connectivity index (χ2n) is 6.59. The van der Waals surface area contributed by atoms with E-state index in [0.29, 0.717) is 17.0 Å². The van der Waals surface area contributed by atoms with E-state index < -0.39 is 11.9 Å². The summed E-state index contributed by atoms with van der Waals surface area (Å²) in [5.41, 5.74) is 2.47. The average Bonchev–Trinajstić information content (AvgIpc) is 3.35. The Morgan fingerprint density at radius 3 is 2.19 bits per heavy atom. The zero-order valence-electron chi connectivity index (χ0n) is 17.1. The summed E-state index contributed by atoms with van der Waals surface area (Å²) in [5, 5.41) is 4.73. The smallest absolute Gasteiger partial charge is 0.347 e. The highest BCUT2D eigenvalue weighted by molar-refractivity contribution is 6.14. The van der Waals surface area contributed by atoms with Crippen LogP contribution in [-0.2, 0) is 19.1 Å². The SMILES string of the molecule is CCOC(=O)C(=CNc1c(-c2coc3ccccc23)oc2ccccc12)C(=O)OCC. The number of nitrogens with one attached hydrogen (secondary N) is 1. The summed E-state index contributed by atoms with van der Waals surface area (Å²) in [6, 6.07) is 15.1. The maximum atomic E-state index is 12.3. The molecule has 0 radical (unpaired) electrons. The first-order valence-corrected chi connectivity index (χ1v) is 9.93. The molecule has 0 saturated carbocycles. The van der Waals surface area contributed by atoms with Gasteiger partial charge in [0, 0.05) is 17.0 Å². The van der Waals surface area contributed by atoms with E-state index in [4.69, 9.17) is 18.3 Å². The van der Waals surface area contributed by atoms with Gasteiger partial charge in [-0.15, -0.1) is 0 Å². The average molecular weight is 419 g/mol. The number of rotatable bonds is 7. The van der Waals surface area contributed by atoms with Crippen LogP contribution in [-0.4, -0.2) is 25.2 Å². The van der Waals surface area contributed by atoms with Gasteiger partial charge < -0.3 is 23.6 Å². The van der Waals surface area contributed by atoms with Gasteiger partial charge in [-0.1, -0.05) is 30.3 Å². The summed E-state index contributed by atoms with van der Waals surface area (Å²) < 4.78 is 21.8. The van der Waals surface area contributed by atoms with Crippen LogP contribution in [0.15, 0.2) is 75.4 Å². The molecule has 0 saturated heterocycles. The summed E-state index contributed by atoms with van der Waals surface area (Å²) >= 11 is 0. The van der Waals surface area contributed by atoms with E-state index in [1.165, 1.54) is 6.20 Å². The van der Waals surface area contributed by atoms with Crippen molar-refractivity contribution in [2.75, 3.05) is 18.5 Å². The molecule has 0 atom stereocenters. The van der Waals surface area contributed by atoms with Crippen molar-refractivity contribution in [1.82, 2.24) is 0 Å². The molecule has 4 aromatic rings. The molecule has 0 fully saturated rings. The Balaban J connectivity index is 1.83. The number of anilines is 1. The molecule has 2 aromatic heterocycles. The van der Waals surface area contributed by atoms with Gasteiger partial charge in [0.2, 0.25) is 0 Å². The van der Waals surface area contributed by atoms with Crippen LogP contribution in [0.1, 0.15) is 13.8 Å². The van der Waals surface area contributed by atoms with E-state index >= 15 is 0 Å². The van der Waals surface area contributed by atoms with E-state index in [1.807, 2.05) is 48.5 Å². The van der Waals surface area contributed by atoms with Crippen LogP contribution in [0.25, 0.3) is 33.3 Å². The van der Waals surface area contributed by atoms with Gasteiger partial charge in [0.1, 0.15) is 17.4 Å². The minimum absolute atomic E-state index is 0.135. The van der Waals surface area contributed by atoms with E-state index in [-0.39, 0.29) is 18.8 Å². The second-order valence-corrected chi connectivity index (χ2v) is 6.59. The highest BCUT2D eigenvalue weighted by Crippen LogP contribution is 2.41. The van der Waals surface area contributed by atoms with E-state index in [2.05, 4.69) is 5.32 Å². The number of furan rings is 2. The Labute approximate surface area is 178 Å². The summed E-state index contributed by atoms with van der Waals surface area (Å²) in [6.45, 7) is 3.60. The standard InChI is InChI=1S/C24H21NO6/c1-3-28-23(26)17(24(27)29-4-2)13-25-21-16-10-6-8-12-20(16)31-22(21)18-14-30-19-11-7-5-9-15(18)19/h5-14,25H,3-4H2,1-2H3. The molecule has 31 heavy (non-hydrogen) atoms. The lowest BCUT2D eigenvalue weighted by molar-refractivity contribution is -0.146. The fraction of sp³-hybridized carbons (Fsp3) is 0.167. The number of esters is 2. The van der Waals surface area contributed by atoms with Crippen molar-refractivity contribution in [2.45, 2.75) is 13.8 Å². The highest BCUT2D eigenvalue weighted by atomic mass is 16.6. The lowest BCUT2D eigenvalue weighted by Gasteiger charge is -2.08. The summed E-state index contributed by atoms with van der Waals surface area (Å²) in [4.78, 5) is 24.6. The van der Waals surface area contributed by atoms with Crippen LogP contribution >= 0.6 is 0 Å². The van der Waals surface area contributed by atoms with Crippen molar-refractivity contribution < 1.29 is 27.9 Å². The number of ether oxygens (including phenoxy) is 2. The fourth-order valence-electron chi connectivity index (χ4n) is 3.30. The predicted molar refractivity (Wildman–Crippen MR) is 116 cm³/mol. The van der Waals surface area contributed by atoms with Crippen molar-refractivity contribution >= 4 is 39.6 Å². The predicted octanol–water partition coefficient (Wildman–Crippen LogP) is 5.27. The third kappa shape index (κ3) is 3.90. The summed E-state index contributed by atoms with van der Waals surface area (Å²) in [7, 11) is 0. The Morgan fingerprint density at radius 1 is 0.903 bits per heavy atom. The lowest BCUT2D eigenvalue weighted by atomic mass is 10.1. The van der Waals surface area contributed by atoms with Gasteiger partial charge in [0.05, 0.1) is 24.5 Å². The third-order valence-corrected chi connectivity index (χ3v) is 4.67. The van der Waals surface area contributed by atoms with Crippen molar-refractivity contribution in [3.05, 3.63) is 66.6 Å². The Kier molecular flexibility index (Phi) is 5.75. The van der Waals surface area contributed by atoms with Gasteiger partial charge >= 0.3 is 11.9 Å². The number of carbonyl (C=O) groups excluding carboxylic acids is 2. The largest absolute Gasteiger partial charge is 0.464 e. The fourth-order valence-corrected chi connectivity index (χ4v) is 3.30. The number of benzene rings is 2. The molecule has 0 spiro atoms. The van der Waals surface area contributed by atoms with E-state index in [1.54, 1.807) is 20.1 Å². The Morgan fingerprint density at radius 2 is 1.52 bits per heavy atom. The van der Waals surface area contributed by atoms with Gasteiger partial charge in [0.25, 0.3) is 0 Å². The van der Waals surface area contributed by atoms with Gasteiger partial charge in [-0.25, -0.2) is 9.59 Å². The first kappa shape index (κ1) is 20.3. The lowest BCUT2D eigenvalue weighted by Crippen LogP contribution is -2.19. The molecular formula is C24H21NO6. The van der Waals surface area contributed by atoms with Crippen LogP contribution < -0.4 is 5.32 Å². The Hall–Kier alpha value is -4.00. The van der Waals surface area contributed by atoms with Crippen LogP contribution in [0.5, 0.6) is 0 Å². The topological polar surface area (TPSA) is 90.9 Å². The second kappa shape index (κ2) is 8.79. The molecule has 2 heterocycles. The van der Waals surface area contributed by atoms with E-state index in [9.17, 15) is 9.59 Å². The number of hydrogen-bond donors (Lipinski definition) is 1. The number of hydrogen-bond acceptors (Lipinski definition) is 7. The monoisotopic (exact) mass is 419 g/mol. The maximum absolute atomic E-state index is 12.3. The summed E-state index contributed by atoms with van der Waals surface area (Å²) in [5.74, 6) is -1.01. The molecule has 0 aliphatic carbocycles. The molecule has 0 aliphatic rings. The van der Waals surface area contributed by atoms with Gasteiger partial charge in [0.15, 0.2) is 11.3 Å². The minimum Gasteiger partial charge on any atom is -0.464 e. The third-order valence-electron chi connectivity index (χ3n) is 4.67. The Bertz CT molecular complexity index is 1260.